The molecule has 0 aliphatic rings. The van der Waals surface area contributed by atoms with E-state index in [1.165, 1.54) is 0 Å². The zero-order valence-electron chi connectivity index (χ0n) is 11.8. The molecule has 0 amide bonds. The van der Waals surface area contributed by atoms with Gasteiger partial charge in [-0.3, -0.25) is 4.68 Å². The van der Waals surface area contributed by atoms with E-state index in [9.17, 15) is 4.79 Å². The van der Waals surface area contributed by atoms with E-state index in [0.717, 1.165) is 16.8 Å². The van der Waals surface area contributed by atoms with Crippen LogP contribution < -0.4 is 0 Å². The molecule has 5 heteroatoms. The first-order valence-electron chi connectivity index (χ1n) is 6.57. The Balaban J connectivity index is 2.53. The average Bonchev–Trinajstić information content (AvgIpc) is 2.77. The molecule has 0 aliphatic carbocycles. The third-order valence-corrected chi connectivity index (χ3v) is 3.34. The monoisotopic (exact) mass is 292 g/mol. The van der Waals surface area contributed by atoms with Gasteiger partial charge in [-0.2, -0.15) is 5.10 Å². The second-order valence-corrected chi connectivity index (χ2v) is 4.82. The second-order valence-electron chi connectivity index (χ2n) is 4.38. The van der Waals surface area contributed by atoms with Crippen molar-refractivity contribution in [2.75, 3.05) is 6.61 Å². The van der Waals surface area contributed by atoms with Crippen LogP contribution in [0.4, 0.5) is 0 Å². The molecule has 0 radical (unpaired) electrons. The third kappa shape index (κ3) is 2.70. The van der Waals surface area contributed by atoms with Crippen LogP contribution >= 0.6 is 11.6 Å². The van der Waals surface area contributed by atoms with E-state index in [2.05, 4.69) is 5.10 Å². The Bertz CT molecular complexity index is 618. The molecule has 20 heavy (non-hydrogen) atoms. The maximum Gasteiger partial charge on any atom is 0.359 e. The first-order chi connectivity index (χ1) is 9.58. The zero-order chi connectivity index (χ0) is 14.7. The second kappa shape index (κ2) is 6.09. The maximum atomic E-state index is 12.0. The summed E-state index contributed by atoms with van der Waals surface area (Å²) < 4.78 is 6.77. The van der Waals surface area contributed by atoms with Crippen molar-refractivity contribution in [3.05, 3.63) is 40.5 Å². The first-order valence-corrected chi connectivity index (χ1v) is 6.95. The molecule has 1 heterocycles. The van der Waals surface area contributed by atoms with Crippen molar-refractivity contribution in [1.29, 1.82) is 0 Å². The quantitative estimate of drug-likeness (QED) is 0.810. The molecular formula is C15H17ClN2O2. The smallest absolute Gasteiger partial charge is 0.359 e. The lowest BCUT2D eigenvalue weighted by Gasteiger charge is -2.05. The van der Waals surface area contributed by atoms with Crippen molar-refractivity contribution < 1.29 is 9.53 Å². The summed E-state index contributed by atoms with van der Waals surface area (Å²) in [7, 11) is 1.83. The van der Waals surface area contributed by atoms with Gasteiger partial charge in [0.15, 0.2) is 5.69 Å². The minimum atomic E-state index is -0.375. The molecule has 106 valence electrons. The highest BCUT2D eigenvalue weighted by Crippen LogP contribution is 2.28. The van der Waals surface area contributed by atoms with Gasteiger partial charge in [-0.25, -0.2) is 4.79 Å². The molecule has 2 rings (SSSR count). The molecule has 4 nitrogen and oxygen atoms in total. The van der Waals surface area contributed by atoms with Gasteiger partial charge >= 0.3 is 5.97 Å². The van der Waals surface area contributed by atoms with Crippen LogP contribution in [0.5, 0.6) is 0 Å². The fourth-order valence-corrected chi connectivity index (χ4v) is 2.36. The first kappa shape index (κ1) is 14.6. The standard InChI is InChI=1S/C15H17ClN2O2/c1-4-12-13(15(19)20-5-2)17-18(3)14(12)10-6-8-11(16)9-7-10/h6-9H,4-5H2,1-3H3. The number of carbonyl (C=O) groups excluding carboxylic acids is 1. The van der Waals surface area contributed by atoms with E-state index in [-0.39, 0.29) is 5.97 Å². The predicted molar refractivity (Wildman–Crippen MR) is 79.0 cm³/mol. The summed E-state index contributed by atoms with van der Waals surface area (Å²) in [6.07, 6.45) is 0.708. The number of carbonyl (C=O) groups is 1. The third-order valence-electron chi connectivity index (χ3n) is 3.09. The molecule has 0 spiro atoms. The van der Waals surface area contributed by atoms with Gasteiger partial charge in [0.1, 0.15) is 0 Å². The Morgan fingerprint density at radius 1 is 1.30 bits per heavy atom. The Hall–Kier alpha value is -1.81. The molecule has 0 saturated carbocycles. The van der Waals surface area contributed by atoms with Gasteiger partial charge in [0.25, 0.3) is 0 Å². The summed E-state index contributed by atoms with van der Waals surface area (Å²) in [6, 6.07) is 7.50. The van der Waals surface area contributed by atoms with Crippen molar-refractivity contribution >= 4 is 17.6 Å². The summed E-state index contributed by atoms with van der Waals surface area (Å²) in [5, 5.41) is 4.99. The summed E-state index contributed by atoms with van der Waals surface area (Å²) >= 11 is 5.91. The number of benzene rings is 1. The number of aryl methyl sites for hydroxylation is 1. The van der Waals surface area contributed by atoms with E-state index >= 15 is 0 Å². The molecule has 0 aliphatic heterocycles. The maximum absolute atomic E-state index is 12.0. The minimum absolute atomic E-state index is 0.342. The SMILES string of the molecule is CCOC(=O)c1nn(C)c(-c2ccc(Cl)cc2)c1CC. The number of hydrogen-bond donors (Lipinski definition) is 0. The van der Waals surface area contributed by atoms with Crippen LogP contribution in [0.3, 0.4) is 0 Å². The van der Waals surface area contributed by atoms with Gasteiger partial charge in [0, 0.05) is 23.2 Å². The van der Waals surface area contributed by atoms with E-state index in [4.69, 9.17) is 16.3 Å². The molecule has 0 fully saturated rings. The lowest BCUT2D eigenvalue weighted by molar-refractivity contribution is 0.0517. The molecule has 1 aromatic heterocycles. The fraction of sp³-hybridized carbons (Fsp3) is 0.333. The van der Waals surface area contributed by atoms with Crippen LogP contribution in [-0.4, -0.2) is 22.4 Å². The van der Waals surface area contributed by atoms with Crippen LogP contribution in [0.1, 0.15) is 29.9 Å². The topological polar surface area (TPSA) is 44.1 Å². The van der Waals surface area contributed by atoms with E-state index in [0.29, 0.717) is 23.7 Å². The van der Waals surface area contributed by atoms with Gasteiger partial charge in [0.05, 0.1) is 12.3 Å². The summed E-state index contributed by atoms with van der Waals surface area (Å²) in [4.78, 5) is 12.0. The van der Waals surface area contributed by atoms with Gasteiger partial charge < -0.3 is 4.74 Å². The average molecular weight is 293 g/mol. The van der Waals surface area contributed by atoms with Gasteiger partial charge in [-0.1, -0.05) is 30.7 Å². The lowest BCUT2D eigenvalue weighted by atomic mass is 10.0. The minimum Gasteiger partial charge on any atom is -0.461 e. The van der Waals surface area contributed by atoms with E-state index < -0.39 is 0 Å². The van der Waals surface area contributed by atoms with E-state index in [1.807, 2.05) is 38.2 Å². The summed E-state index contributed by atoms with van der Waals surface area (Å²) in [5.74, 6) is -0.375. The molecule has 2 aromatic rings. The number of ether oxygens (including phenoxy) is 1. The largest absolute Gasteiger partial charge is 0.461 e. The number of halogens is 1. The van der Waals surface area contributed by atoms with Crippen LogP contribution in [0.25, 0.3) is 11.3 Å². The van der Waals surface area contributed by atoms with Crippen LogP contribution in [0.15, 0.2) is 24.3 Å². The molecular weight excluding hydrogens is 276 g/mol. The van der Waals surface area contributed by atoms with Crippen LogP contribution in [0.2, 0.25) is 5.02 Å². The van der Waals surface area contributed by atoms with Gasteiger partial charge in [-0.15, -0.1) is 0 Å². The van der Waals surface area contributed by atoms with Crippen molar-refractivity contribution in [2.24, 2.45) is 7.05 Å². The number of aromatic nitrogens is 2. The summed E-state index contributed by atoms with van der Waals surface area (Å²) in [6.45, 7) is 4.13. The van der Waals surface area contributed by atoms with Crippen molar-refractivity contribution in [3.8, 4) is 11.3 Å². The number of esters is 1. The number of rotatable bonds is 4. The number of hydrogen-bond acceptors (Lipinski definition) is 3. The Morgan fingerprint density at radius 2 is 1.95 bits per heavy atom. The highest BCUT2D eigenvalue weighted by Gasteiger charge is 2.22. The molecule has 1 aromatic carbocycles. The van der Waals surface area contributed by atoms with Crippen LogP contribution in [0, 0.1) is 0 Å². The van der Waals surface area contributed by atoms with Crippen molar-refractivity contribution in [3.63, 3.8) is 0 Å². The number of nitrogens with zero attached hydrogens (tertiary/aromatic N) is 2. The zero-order valence-corrected chi connectivity index (χ0v) is 12.6. The normalized spacial score (nSPS) is 10.6. The molecule has 0 unspecified atom stereocenters. The summed E-state index contributed by atoms with van der Waals surface area (Å²) in [5.41, 5.74) is 3.19. The van der Waals surface area contributed by atoms with Crippen LogP contribution in [-0.2, 0) is 18.2 Å². The Labute approximate surface area is 123 Å². The van der Waals surface area contributed by atoms with Crippen molar-refractivity contribution in [1.82, 2.24) is 9.78 Å². The molecule has 0 N–H and O–H groups in total. The highest BCUT2D eigenvalue weighted by molar-refractivity contribution is 6.30. The molecule has 0 bridgehead atoms. The fourth-order valence-electron chi connectivity index (χ4n) is 2.24. The van der Waals surface area contributed by atoms with E-state index in [1.54, 1.807) is 11.6 Å². The highest BCUT2D eigenvalue weighted by atomic mass is 35.5. The Morgan fingerprint density at radius 3 is 2.50 bits per heavy atom. The predicted octanol–water partition coefficient (Wildman–Crippen LogP) is 3.48. The Kier molecular flexibility index (Phi) is 4.45. The van der Waals surface area contributed by atoms with Gasteiger partial charge in [0.2, 0.25) is 0 Å². The lowest BCUT2D eigenvalue weighted by Crippen LogP contribution is -2.08. The molecule has 0 atom stereocenters. The van der Waals surface area contributed by atoms with Crippen molar-refractivity contribution in [2.45, 2.75) is 20.3 Å². The molecule has 0 saturated heterocycles. The van der Waals surface area contributed by atoms with Gasteiger partial charge in [-0.05, 0) is 25.5 Å².